The van der Waals surface area contributed by atoms with Gasteiger partial charge in [0.05, 0.1) is 6.07 Å². The fourth-order valence-electron chi connectivity index (χ4n) is 2.65. The average Bonchev–Trinajstić information content (AvgIpc) is 2.45. The molecule has 0 aromatic heterocycles. The fourth-order valence-corrected chi connectivity index (χ4v) is 2.65. The van der Waals surface area contributed by atoms with E-state index in [0.717, 1.165) is 0 Å². The van der Waals surface area contributed by atoms with Gasteiger partial charge in [-0.3, -0.25) is 4.79 Å². The molecule has 0 spiro atoms. The number of carboxylic acid groups (broad SMARTS) is 1. The molecule has 0 fully saturated rings. The summed E-state index contributed by atoms with van der Waals surface area (Å²) in [6, 6.07) is 5.36. The first kappa shape index (κ1) is 16.1. The number of ketones is 1. The van der Waals surface area contributed by atoms with Gasteiger partial charge in [-0.15, -0.1) is 0 Å². The van der Waals surface area contributed by atoms with Crippen LogP contribution in [0.4, 0.5) is 0 Å². The molecule has 0 unspecified atom stereocenters. The molecule has 0 radical (unpaired) electrons. The summed E-state index contributed by atoms with van der Waals surface area (Å²) in [6.07, 6.45) is 0.788. The van der Waals surface area contributed by atoms with Crippen molar-refractivity contribution < 1.29 is 24.4 Å². The molecule has 114 valence electrons. The molecule has 0 saturated carbocycles. The highest BCUT2D eigenvalue weighted by molar-refractivity contribution is 6.47. The summed E-state index contributed by atoms with van der Waals surface area (Å²) in [7, 11) is -1.22. The van der Waals surface area contributed by atoms with E-state index in [4.69, 9.17) is 9.92 Å². The molecule has 1 heterocycles. The van der Waals surface area contributed by atoms with Crippen LogP contribution in [0.15, 0.2) is 12.1 Å². The number of nitrogens with zero attached hydrogens (tertiary/aromatic N) is 1. The highest BCUT2D eigenvalue weighted by Gasteiger charge is 2.38. The highest BCUT2D eigenvalue weighted by Crippen LogP contribution is 2.37. The van der Waals surface area contributed by atoms with E-state index in [0.29, 0.717) is 17.5 Å². The topological polar surface area (TPSA) is 108 Å². The predicted molar refractivity (Wildman–Crippen MR) is 78.7 cm³/mol. The number of fused-ring (bicyclic) bond motifs is 1. The molecular weight excluding hydrogens is 285 g/mol. The van der Waals surface area contributed by atoms with Gasteiger partial charge in [0.15, 0.2) is 0 Å². The minimum Gasteiger partial charge on any atom is -0.535 e. The number of Topliss-reactive ketones (excluding diaryl/α,β-unsaturated/α-hetero) is 1. The van der Waals surface area contributed by atoms with E-state index in [9.17, 15) is 19.7 Å². The second kappa shape index (κ2) is 6.63. The zero-order valence-corrected chi connectivity index (χ0v) is 12.2. The maximum absolute atomic E-state index is 11.7. The minimum absolute atomic E-state index is 0.0470. The van der Waals surface area contributed by atoms with Crippen molar-refractivity contribution in [2.75, 3.05) is 0 Å². The van der Waals surface area contributed by atoms with E-state index in [1.165, 1.54) is 0 Å². The Morgan fingerprint density at radius 3 is 2.86 bits per heavy atom. The lowest BCUT2D eigenvalue weighted by Crippen LogP contribution is -2.36. The molecule has 0 bridgehead atoms. The third-order valence-corrected chi connectivity index (χ3v) is 3.79. The summed E-state index contributed by atoms with van der Waals surface area (Å²) in [6.45, 7) is 1.66. The van der Waals surface area contributed by atoms with Gasteiger partial charge in [-0.05, 0) is 24.5 Å². The molecule has 0 saturated heterocycles. The standard InChI is InChI=1S/C15H16BNO5/c1-9-4-5-10-7-11(8-12(18)3-2-6-17)16(21)22-14(10)13(9)15(19)20/h4-5,11,21H,2-3,7-8H2,1H3,(H,19,20)/t11-/m1/s1. The number of nitriles is 1. The van der Waals surface area contributed by atoms with Crippen molar-refractivity contribution in [1.82, 2.24) is 0 Å². The van der Waals surface area contributed by atoms with Gasteiger partial charge in [-0.25, -0.2) is 4.79 Å². The van der Waals surface area contributed by atoms with Gasteiger partial charge in [0.2, 0.25) is 0 Å². The van der Waals surface area contributed by atoms with E-state index in [-0.39, 0.29) is 36.4 Å². The van der Waals surface area contributed by atoms with Crippen molar-refractivity contribution >= 4 is 18.9 Å². The Labute approximate surface area is 128 Å². The van der Waals surface area contributed by atoms with Gasteiger partial charge in [0, 0.05) is 25.1 Å². The number of benzene rings is 1. The third-order valence-electron chi connectivity index (χ3n) is 3.79. The number of hydrogen-bond acceptors (Lipinski definition) is 5. The minimum atomic E-state index is -1.22. The molecule has 7 heteroatoms. The number of carbonyl (C=O) groups excluding carboxylic acids is 1. The molecule has 1 aliphatic rings. The Bertz CT molecular complexity index is 652. The third kappa shape index (κ3) is 3.29. The van der Waals surface area contributed by atoms with Crippen LogP contribution < -0.4 is 4.65 Å². The summed E-state index contributed by atoms with van der Waals surface area (Å²) in [4.78, 5) is 23.1. The van der Waals surface area contributed by atoms with Crippen molar-refractivity contribution in [2.24, 2.45) is 0 Å². The Kier molecular flexibility index (Phi) is 4.83. The van der Waals surface area contributed by atoms with Gasteiger partial charge in [-0.2, -0.15) is 5.26 Å². The summed E-state index contributed by atoms with van der Waals surface area (Å²) < 4.78 is 5.38. The van der Waals surface area contributed by atoms with Gasteiger partial charge in [0.25, 0.3) is 0 Å². The average molecular weight is 301 g/mol. The summed E-state index contributed by atoms with van der Waals surface area (Å²) in [5.74, 6) is -1.46. The summed E-state index contributed by atoms with van der Waals surface area (Å²) >= 11 is 0. The number of aryl methyl sites for hydroxylation is 1. The van der Waals surface area contributed by atoms with Gasteiger partial charge in [-0.1, -0.05) is 12.1 Å². The molecular formula is C15H16BNO5. The van der Waals surface area contributed by atoms with Crippen molar-refractivity contribution in [3.05, 3.63) is 28.8 Å². The highest BCUT2D eigenvalue weighted by atomic mass is 16.5. The Morgan fingerprint density at radius 1 is 1.50 bits per heavy atom. The van der Waals surface area contributed by atoms with Crippen molar-refractivity contribution in [1.29, 1.82) is 5.26 Å². The van der Waals surface area contributed by atoms with E-state index in [1.807, 2.05) is 6.07 Å². The van der Waals surface area contributed by atoms with Crippen LogP contribution in [0.3, 0.4) is 0 Å². The first-order valence-corrected chi connectivity index (χ1v) is 7.03. The summed E-state index contributed by atoms with van der Waals surface area (Å²) in [5.41, 5.74) is 1.28. The van der Waals surface area contributed by atoms with E-state index in [2.05, 4.69) is 0 Å². The fraction of sp³-hybridized carbons (Fsp3) is 0.400. The maximum atomic E-state index is 11.7. The quantitative estimate of drug-likeness (QED) is 0.802. The van der Waals surface area contributed by atoms with E-state index >= 15 is 0 Å². The molecule has 22 heavy (non-hydrogen) atoms. The normalized spacial score (nSPS) is 16.4. The van der Waals surface area contributed by atoms with Crippen LogP contribution in [0.1, 0.15) is 40.7 Å². The van der Waals surface area contributed by atoms with Gasteiger partial charge >= 0.3 is 13.1 Å². The van der Waals surface area contributed by atoms with Crippen molar-refractivity contribution in [2.45, 2.75) is 38.4 Å². The van der Waals surface area contributed by atoms with Crippen LogP contribution in [0, 0.1) is 18.3 Å². The SMILES string of the molecule is Cc1ccc2c(c1C(=O)O)OB(O)[C@@H](CC(=O)CCC#N)C2. The lowest BCUT2D eigenvalue weighted by atomic mass is 9.64. The Morgan fingerprint density at radius 2 is 2.23 bits per heavy atom. The first-order valence-electron chi connectivity index (χ1n) is 7.03. The summed E-state index contributed by atoms with van der Waals surface area (Å²) in [5, 5.41) is 27.8. The number of aromatic carboxylic acids is 1. The van der Waals surface area contributed by atoms with Crippen molar-refractivity contribution in [3.8, 4) is 11.8 Å². The molecule has 6 nitrogen and oxygen atoms in total. The van der Waals surface area contributed by atoms with Crippen LogP contribution in [-0.4, -0.2) is 29.0 Å². The van der Waals surface area contributed by atoms with Crippen LogP contribution >= 0.6 is 0 Å². The lowest BCUT2D eigenvalue weighted by molar-refractivity contribution is -0.119. The van der Waals surface area contributed by atoms with Gasteiger partial charge < -0.3 is 14.8 Å². The smallest absolute Gasteiger partial charge is 0.526 e. The second-order valence-corrected chi connectivity index (χ2v) is 5.42. The zero-order chi connectivity index (χ0) is 16.3. The van der Waals surface area contributed by atoms with E-state index < -0.39 is 18.9 Å². The first-order chi connectivity index (χ1) is 10.4. The lowest BCUT2D eigenvalue weighted by Gasteiger charge is -2.28. The molecule has 1 aromatic carbocycles. The second-order valence-electron chi connectivity index (χ2n) is 5.42. The molecule has 2 rings (SSSR count). The van der Waals surface area contributed by atoms with Gasteiger partial charge in [0.1, 0.15) is 17.1 Å². The van der Waals surface area contributed by atoms with E-state index in [1.54, 1.807) is 19.1 Å². The Balaban J connectivity index is 2.21. The molecule has 2 N–H and O–H groups in total. The number of carbonyl (C=O) groups is 2. The molecule has 1 aliphatic heterocycles. The van der Waals surface area contributed by atoms with Crippen LogP contribution in [0.5, 0.6) is 5.75 Å². The monoisotopic (exact) mass is 301 g/mol. The molecule has 0 amide bonds. The van der Waals surface area contributed by atoms with Crippen molar-refractivity contribution in [3.63, 3.8) is 0 Å². The number of carboxylic acids is 1. The molecule has 0 aliphatic carbocycles. The maximum Gasteiger partial charge on any atom is 0.526 e. The van der Waals surface area contributed by atoms with Crippen LogP contribution in [0.25, 0.3) is 0 Å². The van der Waals surface area contributed by atoms with Crippen LogP contribution in [-0.2, 0) is 11.2 Å². The molecule has 1 aromatic rings. The van der Waals surface area contributed by atoms with Crippen LogP contribution in [0.2, 0.25) is 5.82 Å². The Hall–Kier alpha value is -2.33. The largest absolute Gasteiger partial charge is 0.535 e. The number of rotatable bonds is 5. The zero-order valence-electron chi connectivity index (χ0n) is 12.2. The number of hydrogen-bond donors (Lipinski definition) is 2. The predicted octanol–water partition coefficient (Wildman–Crippen LogP) is 1.74. The molecule has 1 atom stereocenters.